The van der Waals surface area contributed by atoms with Crippen LogP contribution >= 0.6 is 11.8 Å². The third kappa shape index (κ3) is 3.43. The average Bonchev–Trinajstić information content (AvgIpc) is 2.55. The van der Waals surface area contributed by atoms with E-state index in [1.807, 2.05) is 13.0 Å². The van der Waals surface area contributed by atoms with Crippen LogP contribution in [0, 0.1) is 5.82 Å². The number of rotatable bonds is 3. The second kappa shape index (κ2) is 6.65. The summed E-state index contributed by atoms with van der Waals surface area (Å²) in [6, 6.07) is 11.5. The maximum Gasteiger partial charge on any atom is 0.253 e. The average molecular weight is 344 g/mol. The topological polar surface area (TPSA) is 49.4 Å². The highest BCUT2D eigenvalue weighted by atomic mass is 32.2. The molecule has 2 aromatic carbocycles. The van der Waals surface area contributed by atoms with Crippen LogP contribution in [0.5, 0.6) is 0 Å². The summed E-state index contributed by atoms with van der Waals surface area (Å²) in [7, 11) is 1.67. The molecule has 1 heterocycles. The van der Waals surface area contributed by atoms with Crippen molar-refractivity contribution < 1.29 is 14.0 Å². The summed E-state index contributed by atoms with van der Waals surface area (Å²) in [6.45, 7) is 2.15. The Morgan fingerprint density at radius 3 is 2.83 bits per heavy atom. The number of carbonyl (C=O) groups excluding carboxylic acids is 2. The van der Waals surface area contributed by atoms with Crippen LogP contribution in [0.2, 0.25) is 0 Å². The lowest BCUT2D eigenvalue weighted by Crippen LogP contribution is -2.28. The van der Waals surface area contributed by atoms with Crippen LogP contribution in [0.1, 0.15) is 22.8 Å². The number of nitrogens with one attached hydrogen (secondary N) is 1. The Kier molecular flexibility index (Phi) is 4.57. The molecule has 0 aromatic heterocycles. The van der Waals surface area contributed by atoms with E-state index in [4.69, 9.17) is 0 Å². The molecule has 0 aliphatic carbocycles. The maximum absolute atomic E-state index is 13.3. The first-order valence-corrected chi connectivity index (χ1v) is 8.43. The zero-order chi connectivity index (χ0) is 17.3. The van der Waals surface area contributed by atoms with E-state index in [1.54, 1.807) is 31.3 Å². The summed E-state index contributed by atoms with van der Waals surface area (Å²) in [5.74, 6) is -0.568. The zero-order valence-corrected chi connectivity index (χ0v) is 14.2. The molecule has 24 heavy (non-hydrogen) atoms. The minimum atomic E-state index is -0.323. The monoisotopic (exact) mass is 344 g/mol. The van der Waals surface area contributed by atoms with Crippen molar-refractivity contribution in [3.05, 3.63) is 59.4 Å². The second-order valence-electron chi connectivity index (χ2n) is 5.75. The van der Waals surface area contributed by atoms with Gasteiger partial charge in [-0.25, -0.2) is 4.39 Å². The van der Waals surface area contributed by atoms with Crippen molar-refractivity contribution in [2.75, 3.05) is 12.4 Å². The smallest absolute Gasteiger partial charge is 0.253 e. The zero-order valence-electron chi connectivity index (χ0n) is 13.4. The van der Waals surface area contributed by atoms with Gasteiger partial charge in [-0.1, -0.05) is 12.1 Å². The normalized spacial score (nSPS) is 16.3. The van der Waals surface area contributed by atoms with Crippen molar-refractivity contribution in [2.45, 2.75) is 23.6 Å². The summed E-state index contributed by atoms with van der Waals surface area (Å²) in [4.78, 5) is 26.8. The summed E-state index contributed by atoms with van der Waals surface area (Å²) < 4.78 is 13.3. The number of halogens is 1. The number of anilines is 1. The molecule has 0 bridgehead atoms. The molecule has 2 amide bonds. The molecule has 1 aliphatic heterocycles. The molecular weight excluding hydrogens is 327 g/mol. The lowest BCUT2D eigenvalue weighted by atomic mass is 10.1. The molecule has 0 saturated carbocycles. The van der Waals surface area contributed by atoms with E-state index >= 15 is 0 Å². The van der Waals surface area contributed by atoms with E-state index in [0.717, 1.165) is 10.5 Å². The Balaban J connectivity index is 1.77. The molecule has 1 atom stereocenters. The second-order valence-corrected chi connectivity index (χ2v) is 7.13. The Labute approximate surface area is 144 Å². The van der Waals surface area contributed by atoms with Gasteiger partial charge in [-0.15, -0.1) is 11.8 Å². The maximum atomic E-state index is 13.3. The number of hydrogen-bond donors (Lipinski definition) is 1. The van der Waals surface area contributed by atoms with Gasteiger partial charge in [0, 0.05) is 24.1 Å². The highest BCUT2D eigenvalue weighted by Gasteiger charge is 2.24. The van der Waals surface area contributed by atoms with E-state index in [0.29, 0.717) is 17.8 Å². The lowest BCUT2D eigenvalue weighted by Gasteiger charge is -2.23. The summed E-state index contributed by atoms with van der Waals surface area (Å²) >= 11 is 1.47. The number of benzene rings is 2. The van der Waals surface area contributed by atoms with Crippen molar-refractivity contribution in [3.8, 4) is 0 Å². The fourth-order valence-corrected chi connectivity index (χ4v) is 3.47. The van der Waals surface area contributed by atoms with E-state index < -0.39 is 0 Å². The van der Waals surface area contributed by atoms with Gasteiger partial charge < -0.3 is 10.2 Å². The van der Waals surface area contributed by atoms with Crippen molar-refractivity contribution in [2.24, 2.45) is 0 Å². The number of carbonyl (C=O) groups is 2. The van der Waals surface area contributed by atoms with Crippen molar-refractivity contribution >= 4 is 29.3 Å². The van der Waals surface area contributed by atoms with Gasteiger partial charge in [0.05, 0.1) is 10.9 Å². The van der Waals surface area contributed by atoms with Crippen LogP contribution < -0.4 is 5.32 Å². The first-order valence-electron chi connectivity index (χ1n) is 7.55. The van der Waals surface area contributed by atoms with E-state index in [2.05, 4.69) is 5.32 Å². The molecule has 2 aromatic rings. The van der Waals surface area contributed by atoms with Gasteiger partial charge in [0.2, 0.25) is 5.91 Å². The summed E-state index contributed by atoms with van der Waals surface area (Å²) in [5.41, 5.74) is 1.87. The van der Waals surface area contributed by atoms with Gasteiger partial charge in [0.25, 0.3) is 5.91 Å². The molecule has 0 saturated heterocycles. The predicted molar refractivity (Wildman–Crippen MR) is 92.6 cm³/mol. The van der Waals surface area contributed by atoms with Gasteiger partial charge in [0.15, 0.2) is 0 Å². The minimum Gasteiger partial charge on any atom is -0.337 e. The molecule has 3 rings (SSSR count). The third-order valence-corrected chi connectivity index (χ3v) is 4.99. The number of fused-ring (bicyclic) bond motifs is 1. The molecule has 124 valence electrons. The molecule has 0 spiro atoms. The van der Waals surface area contributed by atoms with Crippen LogP contribution in [-0.4, -0.2) is 29.0 Å². The largest absolute Gasteiger partial charge is 0.337 e. The Bertz CT molecular complexity index is 809. The number of thioether (sulfide) groups is 1. The molecule has 0 radical (unpaired) electrons. The first-order chi connectivity index (χ1) is 11.4. The van der Waals surface area contributed by atoms with E-state index in [-0.39, 0.29) is 22.9 Å². The van der Waals surface area contributed by atoms with Crippen LogP contribution in [-0.2, 0) is 11.3 Å². The van der Waals surface area contributed by atoms with Crippen LogP contribution in [0.3, 0.4) is 0 Å². The molecule has 4 nitrogen and oxygen atoms in total. The van der Waals surface area contributed by atoms with Gasteiger partial charge in [0.1, 0.15) is 5.82 Å². The number of nitrogens with zero attached hydrogens (tertiary/aromatic N) is 1. The highest BCUT2D eigenvalue weighted by molar-refractivity contribution is 8.00. The SMILES string of the molecule is C[C@H]1Sc2ccc(C(=O)N(C)Cc3cccc(F)c3)cc2NC1=O. The van der Waals surface area contributed by atoms with Crippen molar-refractivity contribution in [1.82, 2.24) is 4.90 Å². The fraction of sp³-hybridized carbons (Fsp3) is 0.222. The van der Waals surface area contributed by atoms with E-state index in [1.165, 1.54) is 28.8 Å². The fourth-order valence-electron chi connectivity index (χ4n) is 2.54. The lowest BCUT2D eigenvalue weighted by molar-refractivity contribution is -0.115. The van der Waals surface area contributed by atoms with Gasteiger partial charge in [-0.05, 0) is 42.8 Å². The van der Waals surface area contributed by atoms with E-state index in [9.17, 15) is 14.0 Å². The van der Waals surface area contributed by atoms with Gasteiger partial charge in [-0.2, -0.15) is 0 Å². The van der Waals surface area contributed by atoms with Crippen molar-refractivity contribution in [1.29, 1.82) is 0 Å². The summed E-state index contributed by atoms with van der Waals surface area (Å²) in [6.07, 6.45) is 0. The molecule has 0 unspecified atom stereocenters. The Hall–Kier alpha value is -2.34. The molecular formula is C18H17FN2O2S. The standard InChI is InChI=1S/C18H17FN2O2S/c1-11-17(22)20-15-9-13(6-7-16(15)24-11)18(23)21(2)10-12-4-3-5-14(19)8-12/h3-9,11H,10H2,1-2H3,(H,20,22)/t11-/m1/s1. The number of hydrogen-bond acceptors (Lipinski definition) is 3. The number of amides is 2. The third-order valence-electron chi connectivity index (χ3n) is 3.81. The van der Waals surface area contributed by atoms with Crippen molar-refractivity contribution in [3.63, 3.8) is 0 Å². The minimum absolute atomic E-state index is 0.0646. The van der Waals surface area contributed by atoms with Crippen LogP contribution in [0.15, 0.2) is 47.4 Å². The van der Waals surface area contributed by atoms with Crippen LogP contribution in [0.25, 0.3) is 0 Å². The predicted octanol–water partition coefficient (Wildman–Crippen LogP) is 3.53. The molecule has 0 fully saturated rings. The van der Waals surface area contributed by atoms with Crippen LogP contribution in [0.4, 0.5) is 10.1 Å². The Morgan fingerprint density at radius 1 is 1.29 bits per heavy atom. The van der Waals surface area contributed by atoms with Gasteiger partial charge in [-0.3, -0.25) is 9.59 Å². The molecule has 1 aliphatic rings. The quantitative estimate of drug-likeness (QED) is 0.927. The summed E-state index contributed by atoms with van der Waals surface area (Å²) in [5, 5.41) is 2.68. The Morgan fingerprint density at radius 2 is 2.08 bits per heavy atom. The first kappa shape index (κ1) is 16.5. The highest BCUT2D eigenvalue weighted by Crippen LogP contribution is 2.36. The van der Waals surface area contributed by atoms with Gasteiger partial charge >= 0.3 is 0 Å². The molecule has 1 N–H and O–H groups in total. The molecule has 6 heteroatoms.